The molecule has 0 aromatic rings. The Morgan fingerprint density at radius 1 is 1.27 bits per heavy atom. The van der Waals surface area contributed by atoms with Gasteiger partial charge in [0.2, 0.25) is 0 Å². The molecule has 3 aliphatic heterocycles. The maximum Gasteiger partial charge on any atom is 0.190 e. The number of hydrogen-bond acceptors (Lipinski definition) is 5. The lowest BCUT2D eigenvalue weighted by molar-refractivity contribution is -0.215. The molecule has 0 radical (unpaired) electrons. The third kappa shape index (κ3) is 1.70. The molecule has 4 nitrogen and oxygen atoms in total. The van der Waals surface area contributed by atoms with E-state index in [1.165, 1.54) is 0 Å². The summed E-state index contributed by atoms with van der Waals surface area (Å²) in [4.78, 5) is 0. The van der Waals surface area contributed by atoms with E-state index in [2.05, 4.69) is 0 Å². The first kappa shape index (κ1) is 10.4. The first-order valence-electron chi connectivity index (χ1n) is 5.26. The van der Waals surface area contributed by atoms with Crippen molar-refractivity contribution in [1.82, 2.24) is 0 Å². The maximum absolute atomic E-state index is 5.86. The van der Waals surface area contributed by atoms with Crippen molar-refractivity contribution in [1.29, 1.82) is 0 Å². The molecule has 0 bridgehead atoms. The highest BCUT2D eigenvalue weighted by Crippen LogP contribution is 2.46. The minimum atomic E-state index is -0.548. The molecule has 3 aliphatic rings. The second-order valence-electron chi connectivity index (χ2n) is 4.64. The molecule has 3 rings (SSSR count). The molecule has 0 unspecified atom stereocenters. The SMILES string of the molecule is CO[C@@H]1[C@H]2OC(C)(C)O[C@H]2O[C@@H]1[C@H]1CS1. The van der Waals surface area contributed by atoms with Crippen LogP contribution in [0.5, 0.6) is 0 Å². The lowest BCUT2D eigenvalue weighted by atomic mass is 10.1. The molecule has 0 amide bonds. The van der Waals surface area contributed by atoms with Gasteiger partial charge in [0, 0.05) is 18.1 Å². The van der Waals surface area contributed by atoms with Gasteiger partial charge in [-0.3, -0.25) is 0 Å². The van der Waals surface area contributed by atoms with Gasteiger partial charge in [-0.05, 0) is 13.8 Å². The first-order valence-corrected chi connectivity index (χ1v) is 6.31. The smallest absolute Gasteiger partial charge is 0.190 e. The number of fused-ring (bicyclic) bond motifs is 1. The minimum Gasteiger partial charge on any atom is -0.376 e. The summed E-state index contributed by atoms with van der Waals surface area (Å²) < 4.78 is 22.8. The average molecular weight is 232 g/mol. The highest BCUT2D eigenvalue weighted by Gasteiger charge is 2.58. The van der Waals surface area contributed by atoms with Gasteiger partial charge in [-0.15, -0.1) is 0 Å². The molecule has 0 aliphatic carbocycles. The highest BCUT2D eigenvalue weighted by atomic mass is 32.2. The van der Waals surface area contributed by atoms with Crippen LogP contribution in [0.1, 0.15) is 13.8 Å². The van der Waals surface area contributed by atoms with Crippen LogP contribution in [0.2, 0.25) is 0 Å². The van der Waals surface area contributed by atoms with Gasteiger partial charge in [0.25, 0.3) is 0 Å². The number of methoxy groups -OCH3 is 1. The maximum atomic E-state index is 5.86. The van der Waals surface area contributed by atoms with Gasteiger partial charge in [-0.25, -0.2) is 0 Å². The summed E-state index contributed by atoms with van der Waals surface area (Å²) in [5, 5.41) is 0.566. The van der Waals surface area contributed by atoms with Crippen molar-refractivity contribution in [3.05, 3.63) is 0 Å². The standard InChI is InChI=1S/C10H16O4S/c1-10(2)13-8-7(11-3)6(5-4-15-5)12-9(8)14-10/h5-9H,4H2,1-3H3/t5-,6-,7+,8-,9-/m1/s1. The van der Waals surface area contributed by atoms with E-state index >= 15 is 0 Å². The second-order valence-corrected chi connectivity index (χ2v) is 5.91. The molecule has 86 valence electrons. The number of thioether (sulfide) groups is 1. The van der Waals surface area contributed by atoms with Crippen molar-refractivity contribution < 1.29 is 18.9 Å². The molecule has 15 heavy (non-hydrogen) atoms. The van der Waals surface area contributed by atoms with Gasteiger partial charge in [0.05, 0.1) is 0 Å². The van der Waals surface area contributed by atoms with E-state index in [1.54, 1.807) is 7.11 Å². The Morgan fingerprint density at radius 2 is 2.00 bits per heavy atom. The van der Waals surface area contributed by atoms with Crippen LogP contribution in [0.3, 0.4) is 0 Å². The van der Waals surface area contributed by atoms with Crippen LogP contribution in [0, 0.1) is 0 Å². The Hall–Kier alpha value is 0.190. The van der Waals surface area contributed by atoms with Gasteiger partial charge < -0.3 is 18.9 Å². The predicted octanol–water partition coefficient (Wildman–Crippen LogP) is 0.993. The molecule has 5 atom stereocenters. The first-order chi connectivity index (χ1) is 7.11. The quantitative estimate of drug-likeness (QED) is 0.664. The van der Waals surface area contributed by atoms with E-state index in [0.717, 1.165) is 5.75 Å². The third-order valence-corrected chi connectivity index (χ3v) is 4.01. The van der Waals surface area contributed by atoms with Crippen LogP contribution in [-0.4, -0.2) is 48.5 Å². The Bertz CT molecular complexity index is 266. The summed E-state index contributed by atoms with van der Waals surface area (Å²) in [6.07, 6.45) is -0.185. The Labute approximate surface area is 93.6 Å². The zero-order valence-corrected chi connectivity index (χ0v) is 9.95. The molecule has 3 saturated heterocycles. The van der Waals surface area contributed by atoms with Crippen LogP contribution in [0.4, 0.5) is 0 Å². The van der Waals surface area contributed by atoms with Crippen LogP contribution in [0.25, 0.3) is 0 Å². The summed E-state index contributed by atoms with van der Waals surface area (Å²) in [5.41, 5.74) is 0. The van der Waals surface area contributed by atoms with Crippen LogP contribution >= 0.6 is 11.8 Å². The Morgan fingerprint density at radius 3 is 2.60 bits per heavy atom. The molecule has 3 fully saturated rings. The van der Waals surface area contributed by atoms with Crippen LogP contribution in [-0.2, 0) is 18.9 Å². The van der Waals surface area contributed by atoms with Crippen molar-refractivity contribution in [2.75, 3.05) is 12.9 Å². The van der Waals surface area contributed by atoms with Crippen molar-refractivity contribution in [3.63, 3.8) is 0 Å². The molecular formula is C10H16O4S. The van der Waals surface area contributed by atoms with Crippen LogP contribution in [0.15, 0.2) is 0 Å². The zero-order chi connectivity index (χ0) is 10.6. The molecular weight excluding hydrogens is 216 g/mol. The number of ether oxygens (including phenoxy) is 4. The lowest BCUT2D eigenvalue weighted by Crippen LogP contribution is -2.38. The molecule has 5 heteroatoms. The largest absolute Gasteiger partial charge is 0.376 e. The fourth-order valence-corrected chi connectivity index (χ4v) is 3.03. The summed E-state index contributed by atoms with van der Waals surface area (Å²) in [6.45, 7) is 3.81. The van der Waals surface area contributed by atoms with Crippen molar-refractivity contribution in [2.24, 2.45) is 0 Å². The summed E-state index contributed by atoms with van der Waals surface area (Å²) in [5.74, 6) is 0.612. The molecule has 0 spiro atoms. The average Bonchev–Trinajstić information content (AvgIpc) is 2.86. The lowest BCUT2D eigenvalue weighted by Gasteiger charge is -2.24. The van der Waals surface area contributed by atoms with Gasteiger partial charge in [-0.1, -0.05) is 0 Å². The molecule has 0 saturated carbocycles. The van der Waals surface area contributed by atoms with Crippen LogP contribution < -0.4 is 0 Å². The van der Waals surface area contributed by atoms with Crippen molar-refractivity contribution in [2.45, 2.75) is 49.5 Å². The Kier molecular flexibility index (Phi) is 2.30. The molecule has 0 aromatic carbocycles. The summed E-state index contributed by atoms with van der Waals surface area (Å²) in [6, 6.07) is 0. The van der Waals surface area contributed by atoms with Gasteiger partial charge in [-0.2, -0.15) is 11.8 Å². The van der Waals surface area contributed by atoms with Crippen molar-refractivity contribution >= 4 is 11.8 Å². The predicted molar refractivity (Wildman–Crippen MR) is 55.7 cm³/mol. The van der Waals surface area contributed by atoms with E-state index in [4.69, 9.17) is 18.9 Å². The normalized spacial score (nSPS) is 51.8. The Balaban J connectivity index is 1.76. The van der Waals surface area contributed by atoms with Crippen molar-refractivity contribution in [3.8, 4) is 0 Å². The number of hydrogen-bond donors (Lipinski definition) is 0. The van der Waals surface area contributed by atoms with E-state index in [-0.39, 0.29) is 24.6 Å². The summed E-state index contributed by atoms with van der Waals surface area (Å²) >= 11 is 1.91. The molecule has 3 heterocycles. The third-order valence-electron chi connectivity index (χ3n) is 3.02. The highest BCUT2D eigenvalue weighted by molar-refractivity contribution is 8.06. The van der Waals surface area contributed by atoms with Gasteiger partial charge >= 0.3 is 0 Å². The zero-order valence-electron chi connectivity index (χ0n) is 9.14. The van der Waals surface area contributed by atoms with Gasteiger partial charge in [0.1, 0.15) is 18.3 Å². The fourth-order valence-electron chi connectivity index (χ4n) is 2.32. The van der Waals surface area contributed by atoms with E-state index < -0.39 is 5.79 Å². The van der Waals surface area contributed by atoms with E-state index in [1.807, 2.05) is 25.6 Å². The minimum absolute atomic E-state index is 0.0109. The number of rotatable bonds is 2. The second kappa shape index (κ2) is 3.34. The topological polar surface area (TPSA) is 36.9 Å². The fraction of sp³-hybridized carbons (Fsp3) is 1.00. The molecule has 0 N–H and O–H groups in total. The monoisotopic (exact) mass is 232 g/mol. The summed E-state index contributed by atoms with van der Waals surface area (Å²) in [7, 11) is 1.71. The van der Waals surface area contributed by atoms with Gasteiger partial charge in [0.15, 0.2) is 12.1 Å². The van der Waals surface area contributed by atoms with E-state index in [9.17, 15) is 0 Å². The molecule has 0 aromatic heterocycles. The van der Waals surface area contributed by atoms with E-state index in [0.29, 0.717) is 5.25 Å².